The van der Waals surface area contributed by atoms with Crippen molar-refractivity contribution in [2.24, 2.45) is 5.10 Å². The van der Waals surface area contributed by atoms with Gasteiger partial charge in [0.15, 0.2) is 6.61 Å². The predicted molar refractivity (Wildman–Crippen MR) is 129 cm³/mol. The smallest absolute Gasteiger partial charge is 0.329 e. The molecule has 0 fully saturated rings. The average Bonchev–Trinajstić information content (AvgIpc) is 2.85. The Kier molecular flexibility index (Phi) is 8.59. The molecule has 0 bridgehead atoms. The summed E-state index contributed by atoms with van der Waals surface area (Å²) in [5, 5.41) is 9.43. The normalized spacial score (nSPS) is 10.4. The Balaban J connectivity index is 1.41. The predicted octanol–water partition coefficient (Wildman–Crippen LogP) is 3.45. The second-order valence-corrected chi connectivity index (χ2v) is 7.23. The zero-order valence-corrected chi connectivity index (χ0v) is 18.8. The van der Waals surface area contributed by atoms with Gasteiger partial charge in [-0.25, -0.2) is 5.43 Å². The van der Waals surface area contributed by atoms with Gasteiger partial charge in [-0.2, -0.15) is 5.10 Å². The van der Waals surface area contributed by atoms with Gasteiger partial charge in [0.1, 0.15) is 11.5 Å². The lowest BCUT2D eigenvalue weighted by Crippen LogP contribution is -2.32. The van der Waals surface area contributed by atoms with E-state index < -0.39 is 11.8 Å². The van der Waals surface area contributed by atoms with E-state index >= 15 is 0 Å². The van der Waals surface area contributed by atoms with Crippen molar-refractivity contribution in [3.63, 3.8) is 0 Å². The van der Waals surface area contributed by atoms with Crippen LogP contribution < -0.4 is 25.5 Å². The van der Waals surface area contributed by atoms with Crippen molar-refractivity contribution in [2.45, 2.75) is 0 Å². The molecule has 0 heterocycles. The van der Waals surface area contributed by atoms with E-state index in [0.717, 1.165) is 0 Å². The van der Waals surface area contributed by atoms with E-state index in [1.165, 1.54) is 6.21 Å². The Bertz CT molecular complexity index is 1160. The van der Waals surface area contributed by atoms with Crippen LogP contribution in [0.2, 0.25) is 5.02 Å². The third kappa shape index (κ3) is 7.64. The molecule has 3 rings (SSSR count). The van der Waals surface area contributed by atoms with E-state index in [1.807, 2.05) is 0 Å². The summed E-state index contributed by atoms with van der Waals surface area (Å²) in [5.41, 5.74) is 3.86. The summed E-state index contributed by atoms with van der Waals surface area (Å²) in [6, 6.07) is 19.9. The summed E-state index contributed by atoms with van der Waals surface area (Å²) in [6.45, 7) is -0.168. The quantitative estimate of drug-likeness (QED) is 0.259. The van der Waals surface area contributed by atoms with Crippen LogP contribution in [0.1, 0.15) is 5.56 Å². The van der Waals surface area contributed by atoms with Crippen molar-refractivity contribution >= 4 is 46.9 Å². The summed E-state index contributed by atoms with van der Waals surface area (Å²) >= 11 is 5.78. The Labute approximate surface area is 200 Å². The average molecular weight is 481 g/mol. The third-order valence-electron chi connectivity index (χ3n) is 4.31. The van der Waals surface area contributed by atoms with Crippen LogP contribution in [0.15, 0.2) is 77.9 Å². The highest BCUT2D eigenvalue weighted by Crippen LogP contribution is 2.16. The van der Waals surface area contributed by atoms with Crippen LogP contribution in [0.25, 0.3) is 0 Å². The van der Waals surface area contributed by atoms with E-state index in [-0.39, 0.29) is 12.5 Å². The van der Waals surface area contributed by atoms with Crippen LogP contribution in [-0.4, -0.2) is 37.7 Å². The molecule has 3 amide bonds. The second-order valence-electron chi connectivity index (χ2n) is 6.79. The highest BCUT2D eigenvalue weighted by Gasteiger charge is 2.12. The first kappa shape index (κ1) is 24.3. The van der Waals surface area contributed by atoms with E-state index in [9.17, 15) is 14.4 Å². The highest BCUT2D eigenvalue weighted by molar-refractivity contribution is 6.39. The molecule has 34 heavy (non-hydrogen) atoms. The van der Waals surface area contributed by atoms with Crippen LogP contribution in [-0.2, 0) is 14.4 Å². The van der Waals surface area contributed by atoms with Gasteiger partial charge in [0.05, 0.1) is 13.3 Å². The van der Waals surface area contributed by atoms with E-state index in [4.69, 9.17) is 21.1 Å². The lowest BCUT2D eigenvalue weighted by molar-refractivity contribution is -0.136. The lowest BCUT2D eigenvalue weighted by Gasteiger charge is -2.08. The van der Waals surface area contributed by atoms with Gasteiger partial charge in [-0.15, -0.1) is 0 Å². The minimum absolute atomic E-state index is 0.168. The molecule has 10 heteroatoms. The summed E-state index contributed by atoms with van der Waals surface area (Å²) in [7, 11) is 1.57. The topological polar surface area (TPSA) is 118 Å². The largest absolute Gasteiger partial charge is 0.497 e. The van der Waals surface area contributed by atoms with Crippen LogP contribution in [0.4, 0.5) is 11.4 Å². The van der Waals surface area contributed by atoms with Gasteiger partial charge in [0, 0.05) is 16.4 Å². The number of halogens is 1. The molecule has 0 saturated carbocycles. The molecule has 3 N–H and O–H groups in total. The van der Waals surface area contributed by atoms with Gasteiger partial charge in [0.25, 0.3) is 5.91 Å². The minimum atomic E-state index is -0.922. The SMILES string of the molecule is COc1ccc(NC(=O)COc2ccc(/C=N\NC(=O)C(=O)Nc3ccc(Cl)cc3)cc2)cc1. The number of hydrogen-bond donors (Lipinski definition) is 3. The maximum atomic E-state index is 12.0. The fraction of sp³-hybridized carbons (Fsp3) is 0.0833. The maximum Gasteiger partial charge on any atom is 0.329 e. The number of anilines is 2. The number of benzene rings is 3. The molecule has 0 aromatic heterocycles. The fourth-order valence-electron chi connectivity index (χ4n) is 2.61. The van der Waals surface area contributed by atoms with Crippen LogP contribution in [0, 0.1) is 0 Å². The zero-order valence-electron chi connectivity index (χ0n) is 18.1. The number of rotatable bonds is 8. The molecular formula is C24H21ClN4O5. The Morgan fingerprint density at radius 1 is 0.824 bits per heavy atom. The van der Waals surface area contributed by atoms with Crippen molar-refractivity contribution in [2.75, 3.05) is 24.4 Å². The molecule has 0 atom stereocenters. The molecule has 0 aliphatic rings. The summed E-state index contributed by atoms with van der Waals surface area (Å²) in [4.78, 5) is 35.7. The molecule has 0 spiro atoms. The molecule has 0 radical (unpaired) electrons. The molecule has 9 nitrogen and oxygen atoms in total. The minimum Gasteiger partial charge on any atom is -0.497 e. The molecule has 0 unspecified atom stereocenters. The van der Waals surface area contributed by atoms with Gasteiger partial charge < -0.3 is 20.1 Å². The van der Waals surface area contributed by atoms with Crippen LogP contribution in [0.3, 0.4) is 0 Å². The standard InChI is InChI=1S/C24H21ClN4O5/c1-33-20-12-8-18(9-13-20)27-22(30)15-34-21-10-2-16(3-11-21)14-26-29-24(32)23(31)28-19-6-4-17(25)5-7-19/h2-14H,15H2,1H3,(H,27,30)(H,28,31)(H,29,32)/b26-14-. The van der Waals surface area contributed by atoms with Gasteiger partial charge in [0.2, 0.25) is 0 Å². The number of amides is 3. The fourth-order valence-corrected chi connectivity index (χ4v) is 2.73. The first-order chi connectivity index (χ1) is 16.4. The van der Waals surface area contributed by atoms with Crippen molar-refractivity contribution in [3.05, 3.63) is 83.4 Å². The number of nitrogens with one attached hydrogen (secondary N) is 3. The molecule has 3 aromatic rings. The first-order valence-electron chi connectivity index (χ1n) is 9.99. The molecule has 0 aliphatic heterocycles. The number of methoxy groups -OCH3 is 1. The maximum absolute atomic E-state index is 12.0. The van der Waals surface area contributed by atoms with Gasteiger partial charge in [-0.05, 0) is 78.4 Å². The summed E-state index contributed by atoms with van der Waals surface area (Å²) in [5.74, 6) is -0.924. The highest BCUT2D eigenvalue weighted by atomic mass is 35.5. The van der Waals surface area contributed by atoms with Crippen LogP contribution in [0.5, 0.6) is 11.5 Å². The number of nitrogens with zero attached hydrogens (tertiary/aromatic N) is 1. The molecule has 3 aromatic carbocycles. The van der Waals surface area contributed by atoms with Crippen molar-refractivity contribution < 1.29 is 23.9 Å². The molecule has 0 aliphatic carbocycles. The van der Waals surface area contributed by atoms with Crippen molar-refractivity contribution in [1.29, 1.82) is 0 Å². The monoisotopic (exact) mass is 480 g/mol. The Hall–Kier alpha value is -4.37. The summed E-state index contributed by atoms with van der Waals surface area (Å²) in [6.07, 6.45) is 1.37. The molecule has 0 saturated heterocycles. The molecule has 174 valence electrons. The lowest BCUT2D eigenvalue weighted by atomic mass is 10.2. The van der Waals surface area contributed by atoms with E-state index in [1.54, 1.807) is 79.9 Å². The van der Waals surface area contributed by atoms with E-state index in [0.29, 0.717) is 33.5 Å². The van der Waals surface area contributed by atoms with Crippen LogP contribution >= 0.6 is 11.6 Å². The van der Waals surface area contributed by atoms with Crippen molar-refractivity contribution in [1.82, 2.24) is 5.43 Å². The Morgan fingerprint density at radius 2 is 1.41 bits per heavy atom. The summed E-state index contributed by atoms with van der Waals surface area (Å²) < 4.78 is 10.5. The number of carbonyl (C=O) groups is 3. The number of ether oxygens (including phenoxy) is 2. The second kappa shape index (κ2) is 12.0. The molecular weight excluding hydrogens is 460 g/mol. The third-order valence-corrected chi connectivity index (χ3v) is 4.56. The Morgan fingerprint density at radius 3 is 2.06 bits per heavy atom. The number of carbonyl (C=O) groups excluding carboxylic acids is 3. The van der Waals surface area contributed by atoms with Gasteiger partial charge >= 0.3 is 11.8 Å². The zero-order chi connectivity index (χ0) is 24.3. The van der Waals surface area contributed by atoms with E-state index in [2.05, 4.69) is 21.2 Å². The number of hydrogen-bond acceptors (Lipinski definition) is 6. The van der Waals surface area contributed by atoms with Gasteiger partial charge in [-0.1, -0.05) is 11.6 Å². The van der Waals surface area contributed by atoms with Gasteiger partial charge in [-0.3, -0.25) is 14.4 Å². The van der Waals surface area contributed by atoms with Crippen molar-refractivity contribution in [3.8, 4) is 11.5 Å². The first-order valence-corrected chi connectivity index (χ1v) is 10.4. The number of hydrazone groups is 1.